The maximum atomic E-state index is 11.4. The predicted octanol–water partition coefficient (Wildman–Crippen LogP) is -0.602. The number of carbonyl (C=O) groups is 3. The van der Waals surface area contributed by atoms with Gasteiger partial charge in [0.15, 0.2) is 0 Å². The number of hydrogen-bond acceptors (Lipinski definition) is 3. The standard InChI is InChI=1S/C9H16N2O4/c1-7(12)11(3)6-8(13)10(2)5-4-9(14)15/h4-6H2,1-3H3,(H,14,15). The molecule has 6 heteroatoms. The fourth-order valence-electron chi connectivity index (χ4n) is 0.823. The van der Waals surface area contributed by atoms with Crippen LogP contribution in [-0.2, 0) is 14.4 Å². The van der Waals surface area contributed by atoms with E-state index in [-0.39, 0.29) is 31.3 Å². The average molecular weight is 216 g/mol. The molecular weight excluding hydrogens is 200 g/mol. The smallest absolute Gasteiger partial charge is 0.305 e. The van der Waals surface area contributed by atoms with E-state index in [4.69, 9.17) is 5.11 Å². The average Bonchev–Trinajstić information content (AvgIpc) is 2.13. The lowest BCUT2D eigenvalue weighted by atomic mass is 10.4. The van der Waals surface area contributed by atoms with Crippen LogP contribution in [0.3, 0.4) is 0 Å². The second-order valence-corrected chi connectivity index (χ2v) is 3.33. The van der Waals surface area contributed by atoms with Gasteiger partial charge in [-0.3, -0.25) is 14.4 Å². The molecule has 0 rings (SSSR count). The lowest BCUT2D eigenvalue weighted by molar-refractivity contribution is -0.140. The fourth-order valence-corrected chi connectivity index (χ4v) is 0.823. The molecule has 0 saturated heterocycles. The third-order valence-electron chi connectivity index (χ3n) is 2.00. The summed E-state index contributed by atoms with van der Waals surface area (Å²) in [5.74, 6) is -1.42. The molecule has 86 valence electrons. The van der Waals surface area contributed by atoms with E-state index in [9.17, 15) is 14.4 Å². The first-order valence-corrected chi connectivity index (χ1v) is 4.52. The summed E-state index contributed by atoms with van der Waals surface area (Å²) in [6.45, 7) is 1.50. The first-order chi connectivity index (χ1) is 6.84. The maximum Gasteiger partial charge on any atom is 0.305 e. The number of aliphatic carboxylic acids is 1. The van der Waals surface area contributed by atoms with Crippen LogP contribution in [0.2, 0.25) is 0 Å². The van der Waals surface area contributed by atoms with Gasteiger partial charge in [0.1, 0.15) is 0 Å². The van der Waals surface area contributed by atoms with Gasteiger partial charge in [-0.2, -0.15) is 0 Å². The van der Waals surface area contributed by atoms with Gasteiger partial charge in [-0.1, -0.05) is 0 Å². The molecule has 1 N–H and O–H groups in total. The van der Waals surface area contributed by atoms with Gasteiger partial charge in [-0.25, -0.2) is 0 Å². The zero-order chi connectivity index (χ0) is 12.0. The Balaban J connectivity index is 3.99. The Morgan fingerprint density at radius 2 is 1.67 bits per heavy atom. The number of amides is 2. The number of carboxylic acid groups (broad SMARTS) is 1. The first-order valence-electron chi connectivity index (χ1n) is 4.52. The van der Waals surface area contributed by atoms with E-state index in [1.165, 1.54) is 30.8 Å². The summed E-state index contributed by atoms with van der Waals surface area (Å²) in [5, 5.41) is 8.41. The summed E-state index contributed by atoms with van der Waals surface area (Å²) in [5.41, 5.74) is 0. The fraction of sp³-hybridized carbons (Fsp3) is 0.667. The molecule has 0 saturated carbocycles. The molecule has 0 fully saturated rings. The Bertz CT molecular complexity index is 265. The highest BCUT2D eigenvalue weighted by Crippen LogP contribution is 1.92. The minimum Gasteiger partial charge on any atom is -0.481 e. The van der Waals surface area contributed by atoms with Gasteiger partial charge in [0.2, 0.25) is 11.8 Å². The van der Waals surface area contributed by atoms with Crippen molar-refractivity contribution in [2.24, 2.45) is 0 Å². The van der Waals surface area contributed by atoms with Crippen LogP contribution in [0.1, 0.15) is 13.3 Å². The Kier molecular flexibility index (Phi) is 5.36. The quantitative estimate of drug-likeness (QED) is 0.665. The highest BCUT2D eigenvalue weighted by Gasteiger charge is 2.13. The summed E-state index contributed by atoms with van der Waals surface area (Å²) >= 11 is 0. The van der Waals surface area contributed by atoms with Crippen molar-refractivity contribution in [2.75, 3.05) is 27.2 Å². The summed E-state index contributed by atoms with van der Waals surface area (Å²) in [6.07, 6.45) is -0.0912. The van der Waals surface area contributed by atoms with Crippen molar-refractivity contribution >= 4 is 17.8 Å². The van der Waals surface area contributed by atoms with Gasteiger partial charge in [-0.15, -0.1) is 0 Å². The number of rotatable bonds is 5. The highest BCUT2D eigenvalue weighted by atomic mass is 16.4. The molecule has 0 radical (unpaired) electrons. The van der Waals surface area contributed by atoms with Gasteiger partial charge < -0.3 is 14.9 Å². The third kappa shape index (κ3) is 5.66. The Morgan fingerprint density at radius 1 is 1.13 bits per heavy atom. The van der Waals surface area contributed by atoms with E-state index in [2.05, 4.69) is 0 Å². The highest BCUT2D eigenvalue weighted by molar-refractivity contribution is 5.83. The summed E-state index contributed by atoms with van der Waals surface area (Å²) in [4.78, 5) is 35.1. The number of carbonyl (C=O) groups excluding carboxylic acids is 2. The summed E-state index contributed by atoms with van der Waals surface area (Å²) in [6, 6.07) is 0. The van der Waals surface area contributed by atoms with E-state index in [0.29, 0.717) is 0 Å². The summed E-state index contributed by atoms with van der Waals surface area (Å²) < 4.78 is 0. The zero-order valence-electron chi connectivity index (χ0n) is 9.19. The van der Waals surface area contributed by atoms with E-state index in [0.717, 1.165) is 0 Å². The largest absolute Gasteiger partial charge is 0.481 e. The zero-order valence-corrected chi connectivity index (χ0v) is 9.19. The normalized spacial score (nSPS) is 9.53. The molecule has 0 aliphatic heterocycles. The monoisotopic (exact) mass is 216 g/mol. The van der Waals surface area contributed by atoms with Gasteiger partial charge >= 0.3 is 5.97 Å². The molecule has 6 nitrogen and oxygen atoms in total. The SMILES string of the molecule is CC(=O)N(C)CC(=O)N(C)CCC(=O)O. The van der Waals surface area contributed by atoms with Crippen LogP contribution in [-0.4, -0.2) is 59.9 Å². The molecule has 0 unspecified atom stereocenters. The number of hydrogen-bond donors (Lipinski definition) is 1. The topological polar surface area (TPSA) is 77.9 Å². The number of nitrogens with zero attached hydrogens (tertiary/aromatic N) is 2. The first kappa shape index (κ1) is 13.4. The van der Waals surface area contributed by atoms with Crippen LogP contribution in [0.4, 0.5) is 0 Å². The summed E-state index contributed by atoms with van der Waals surface area (Å²) in [7, 11) is 3.03. The predicted molar refractivity (Wildman–Crippen MR) is 53.2 cm³/mol. The Morgan fingerprint density at radius 3 is 2.07 bits per heavy atom. The molecular formula is C9H16N2O4. The van der Waals surface area contributed by atoms with Crippen LogP contribution in [0.15, 0.2) is 0 Å². The molecule has 0 aliphatic carbocycles. The minimum atomic E-state index is -0.949. The molecule has 0 aromatic carbocycles. The lowest BCUT2D eigenvalue weighted by Gasteiger charge is -2.20. The van der Waals surface area contributed by atoms with Crippen LogP contribution >= 0.6 is 0 Å². The van der Waals surface area contributed by atoms with Crippen molar-refractivity contribution < 1.29 is 19.5 Å². The van der Waals surface area contributed by atoms with Crippen molar-refractivity contribution in [3.05, 3.63) is 0 Å². The second-order valence-electron chi connectivity index (χ2n) is 3.33. The number of carboxylic acids is 1. The van der Waals surface area contributed by atoms with Gasteiger partial charge in [0.25, 0.3) is 0 Å². The molecule has 0 aromatic rings. The molecule has 0 aliphatic rings. The van der Waals surface area contributed by atoms with Crippen LogP contribution in [0.5, 0.6) is 0 Å². The van der Waals surface area contributed by atoms with Gasteiger partial charge in [-0.05, 0) is 0 Å². The minimum absolute atomic E-state index is 0.0224. The molecule has 0 spiro atoms. The van der Waals surface area contributed by atoms with E-state index >= 15 is 0 Å². The van der Waals surface area contributed by atoms with Crippen LogP contribution in [0, 0.1) is 0 Å². The molecule has 2 amide bonds. The molecule has 0 bridgehead atoms. The van der Waals surface area contributed by atoms with E-state index in [1.807, 2.05) is 0 Å². The Labute approximate surface area is 88.5 Å². The second kappa shape index (κ2) is 6.00. The van der Waals surface area contributed by atoms with Gasteiger partial charge in [0.05, 0.1) is 13.0 Å². The Hall–Kier alpha value is -1.59. The van der Waals surface area contributed by atoms with Crippen LogP contribution in [0.25, 0.3) is 0 Å². The van der Waals surface area contributed by atoms with E-state index < -0.39 is 5.97 Å². The maximum absolute atomic E-state index is 11.4. The number of likely N-dealkylation sites (N-methyl/N-ethyl adjacent to an activating group) is 2. The van der Waals surface area contributed by atoms with Gasteiger partial charge in [0, 0.05) is 27.6 Å². The lowest BCUT2D eigenvalue weighted by Crippen LogP contribution is -2.39. The van der Waals surface area contributed by atoms with Crippen molar-refractivity contribution in [3.63, 3.8) is 0 Å². The van der Waals surface area contributed by atoms with Crippen molar-refractivity contribution in [2.45, 2.75) is 13.3 Å². The molecule has 0 heterocycles. The third-order valence-corrected chi connectivity index (χ3v) is 2.00. The van der Waals surface area contributed by atoms with Crippen molar-refractivity contribution in [3.8, 4) is 0 Å². The van der Waals surface area contributed by atoms with Crippen molar-refractivity contribution in [1.82, 2.24) is 9.80 Å². The van der Waals surface area contributed by atoms with Crippen molar-refractivity contribution in [1.29, 1.82) is 0 Å². The van der Waals surface area contributed by atoms with Crippen LogP contribution < -0.4 is 0 Å². The molecule has 0 atom stereocenters. The molecule has 0 aromatic heterocycles. The molecule has 15 heavy (non-hydrogen) atoms. The van der Waals surface area contributed by atoms with E-state index in [1.54, 1.807) is 0 Å².